The van der Waals surface area contributed by atoms with E-state index in [0.717, 1.165) is 0 Å². The summed E-state index contributed by atoms with van der Waals surface area (Å²) in [6, 6.07) is 0. The minimum Gasteiger partial charge on any atom is -1.00 e. The normalized spacial score (nSPS) is 0. The Bertz CT molecular complexity index is 6.85. The van der Waals surface area contributed by atoms with Crippen molar-refractivity contribution >= 4 is 0 Å². The fourth-order valence-electron chi connectivity index (χ4n) is 0. The predicted molar refractivity (Wildman–Crippen MR) is 0 cm³/mol. The van der Waals surface area contributed by atoms with E-state index in [9.17, 15) is 0 Å². The molecule has 0 spiro atoms. The minimum absolute atomic E-state index is 0. The SMILES string of the molecule is [Cl-].[Cl-].[Cl-].[Li+].[Ti+4]. The third kappa shape index (κ3) is 22.7. The number of rotatable bonds is 0. The number of halogens is 3. The van der Waals surface area contributed by atoms with Gasteiger partial charge in [0.1, 0.15) is 0 Å². The van der Waals surface area contributed by atoms with Crippen LogP contribution in [0.5, 0.6) is 0 Å². The third-order valence-electron chi connectivity index (χ3n) is 0. The molecule has 0 aliphatic heterocycles. The van der Waals surface area contributed by atoms with Gasteiger partial charge in [-0.05, 0) is 0 Å². The molecule has 0 bridgehead atoms. The second-order valence-corrected chi connectivity index (χ2v) is 0. The predicted octanol–water partition coefficient (Wildman–Crippen LogP) is -12.0. The molecule has 5 heteroatoms. The summed E-state index contributed by atoms with van der Waals surface area (Å²) >= 11 is 0. The molecule has 0 aromatic rings. The van der Waals surface area contributed by atoms with Crippen LogP contribution in [0.3, 0.4) is 0 Å². The van der Waals surface area contributed by atoms with Gasteiger partial charge < -0.3 is 37.2 Å². The second kappa shape index (κ2) is 34.9. The molecule has 0 saturated carbocycles. The zero-order valence-electron chi connectivity index (χ0n) is 2.63. The van der Waals surface area contributed by atoms with Crippen LogP contribution in [0.25, 0.3) is 0 Å². The van der Waals surface area contributed by atoms with Crippen molar-refractivity contribution in [2.75, 3.05) is 0 Å². The van der Waals surface area contributed by atoms with Crippen LogP contribution < -0.4 is 56.1 Å². The van der Waals surface area contributed by atoms with E-state index in [1.165, 1.54) is 0 Å². The molecule has 0 atom stereocenters. The Labute approximate surface area is 77.1 Å². The summed E-state index contributed by atoms with van der Waals surface area (Å²) < 4.78 is 0. The van der Waals surface area contributed by atoms with Gasteiger partial charge in [0.05, 0.1) is 0 Å². The van der Waals surface area contributed by atoms with Gasteiger partial charge in [-0.15, -0.1) is 0 Å². The van der Waals surface area contributed by atoms with Gasteiger partial charge >= 0.3 is 40.6 Å². The van der Waals surface area contributed by atoms with Crippen LogP contribution in [-0.2, 0) is 21.7 Å². The van der Waals surface area contributed by atoms with Crippen molar-refractivity contribution in [1.82, 2.24) is 0 Å². The molecular formula is Cl3LiTi+2. The summed E-state index contributed by atoms with van der Waals surface area (Å²) in [5.41, 5.74) is 0. The molecule has 5 heavy (non-hydrogen) atoms. The first-order chi connectivity index (χ1) is 0. The third-order valence-corrected chi connectivity index (χ3v) is 0. The maximum Gasteiger partial charge on any atom is 4.00 e. The van der Waals surface area contributed by atoms with Gasteiger partial charge in [-0.1, -0.05) is 0 Å². The first-order valence-electron chi connectivity index (χ1n) is 0. The molecule has 0 aliphatic rings. The second-order valence-electron chi connectivity index (χ2n) is 0. The van der Waals surface area contributed by atoms with Gasteiger partial charge in [0.2, 0.25) is 0 Å². The van der Waals surface area contributed by atoms with E-state index < -0.39 is 0 Å². The van der Waals surface area contributed by atoms with Crippen molar-refractivity contribution in [1.29, 1.82) is 0 Å². The van der Waals surface area contributed by atoms with Gasteiger partial charge in [-0.2, -0.15) is 0 Å². The summed E-state index contributed by atoms with van der Waals surface area (Å²) in [7, 11) is 0. The summed E-state index contributed by atoms with van der Waals surface area (Å²) in [4.78, 5) is 0. The van der Waals surface area contributed by atoms with E-state index in [2.05, 4.69) is 0 Å². The first kappa shape index (κ1) is 57.7. The Morgan fingerprint density at radius 2 is 0.600 bits per heavy atom. The van der Waals surface area contributed by atoms with Crippen LogP contribution in [-0.4, -0.2) is 0 Å². The molecule has 0 N–H and O–H groups in total. The molecule has 0 rings (SSSR count). The van der Waals surface area contributed by atoms with Crippen molar-refractivity contribution in [2.24, 2.45) is 0 Å². The van der Waals surface area contributed by atoms with E-state index in [4.69, 9.17) is 0 Å². The molecule has 0 aromatic carbocycles. The fourth-order valence-corrected chi connectivity index (χ4v) is 0. The van der Waals surface area contributed by atoms with Gasteiger partial charge in [0, 0.05) is 0 Å². The number of hydrogen-bond donors (Lipinski definition) is 0. The van der Waals surface area contributed by atoms with Crippen molar-refractivity contribution in [2.45, 2.75) is 0 Å². The van der Waals surface area contributed by atoms with Crippen molar-refractivity contribution in [3.05, 3.63) is 0 Å². The summed E-state index contributed by atoms with van der Waals surface area (Å²) in [6.45, 7) is 0. The molecule has 24 valence electrons. The smallest absolute Gasteiger partial charge is 1.00 e. The monoisotopic (exact) mass is 160 g/mol. The molecule has 0 radical (unpaired) electrons. The molecule has 0 aliphatic carbocycles. The van der Waals surface area contributed by atoms with Crippen molar-refractivity contribution in [3.8, 4) is 0 Å². The van der Waals surface area contributed by atoms with Gasteiger partial charge in [-0.3, -0.25) is 0 Å². The summed E-state index contributed by atoms with van der Waals surface area (Å²) in [5, 5.41) is 0. The first-order valence-corrected chi connectivity index (χ1v) is 0. The van der Waals surface area contributed by atoms with E-state index in [1.54, 1.807) is 0 Å². The molecular weight excluding hydrogens is 161 g/mol. The van der Waals surface area contributed by atoms with E-state index in [-0.39, 0.29) is 77.8 Å². The zero-order valence-corrected chi connectivity index (χ0v) is 6.46. The average molecular weight is 161 g/mol. The van der Waals surface area contributed by atoms with E-state index in [1.807, 2.05) is 0 Å². The maximum atomic E-state index is 0. The Morgan fingerprint density at radius 1 is 0.600 bits per heavy atom. The van der Waals surface area contributed by atoms with E-state index in [0.29, 0.717) is 0 Å². The van der Waals surface area contributed by atoms with Gasteiger partial charge in [-0.25, -0.2) is 0 Å². The Hall–Kier alpha value is 2.18. The van der Waals surface area contributed by atoms with Crippen molar-refractivity contribution < 1.29 is 77.8 Å². The molecule has 0 nitrogen and oxygen atoms in total. The quantitative estimate of drug-likeness (QED) is 0.309. The largest absolute Gasteiger partial charge is 4.00 e. The van der Waals surface area contributed by atoms with Crippen LogP contribution in [0.2, 0.25) is 0 Å². The Balaban J connectivity index is 0. The van der Waals surface area contributed by atoms with Gasteiger partial charge in [0.25, 0.3) is 0 Å². The van der Waals surface area contributed by atoms with Crippen molar-refractivity contribution in [3.63, 3.8) is 0 Å². The van der Waals surface area contributed by atoms with Crippen LogP contribution in [0, 0.1) is 0 Å². The molecule has 0 aromatic heterocycles. The van der Waals surface area contributed by atoms with Crippen LogP contribution in [0.4, 0.5) is 0 Å². The van der Waals surface area contributed by atoms with Crippen LogP contribution in [0.1, 0.15) is 0 Å². The van der Waals surface area contributed by atoms with Crippen LogP contribution in [0.15, 0.2) is 0 Å². The van der Waals surface area contributed by atoms with Gasteiger partial charge in [0.15, 0.2) is 0 Å². The maximum absolute atomic E-state index is 0. The topological polar surface area (TPSA) is 0 Å². The molecule has 0 saturated heterocycles. The standard InChI is InChI=1S/3ClH.Li.Ti/h3*1H;;/q;;;+1;+4/p-3. The zero-order chi connectivity index (χ0) is 0. The molecule has 0 heterocycles. The molecule has 0 amide bonds. The summed E-state index contributed by atoms with van der Waals surface area (Å²) in [6.07, 6.45) is 0. The molecule has 0 fully saturated rings. The Kier molecular flexibility index (Phi) is 402. The fraction of sp³-hybridized carbons (Fsp3) is 0. The molecule has 0 unspecified atom stereocenters. The van der Waals surface area contributed by atoms with Crippen LogP contribution >= 0.6 is 0 Å². The number of hydrogen-bond acceptors (Lipinski definition) is 0. The Morgan fingerprint density at radius 3 is 0.600 bits per heavy atom. The minimum atomic E-state index is 0. The van der Waals surface area contributed by atoms with E-state index >= 15 is 0 Å². The average Bonchev–Trinajstić information content (AvgIpc) is 0. The summed E-state index contributed by atoms with van der Waals surface area (Å²) in [5.74, 6) is 0.